The molecule has 0 aliphatic carbocycles. The first-order valence-corrected chi connectivity index (χ1v) is 4.78. The van der Waals surface area contributed by atoms with E-state index in [0.717, 1.165) is 32.4 Å². The zero-order chi connectivity index (χ0) is 8.86. The topological polar surface area (TPSA) is 41.5 Å². The summed E-state index contributed by atoms with van der Waals surface area (Å²) in [6.45, 7) is 5.07. The molecule has 3 nitrogen and oxygen atoms in total. The van der Waals surface area contributed by atoms with E-state index in [9.17, 15) is 5.11 Å². The van der Waals surface area contributed by atoms with Crippen molar-refractivity contribution in [1.29, 1.82) is 0 Å². The number of aliphatic hydroxyl groups is 1. The number of rotatable bonds is 3. The van der Waals surface area contributed by atoms with Gasteiger partial charge < -0.3 is 15.2 Å². The van der Waals surface area contributed by atoms with Crippen LogP contribution in [0.15, 0.2) is 0 Å². The van der Waals surface area contributed by atoms with Gasteiger partial charge in [0.2, 0.25) is 0 Å². The van der Waals surface area contributed by atoms with Crippen LogP contribution in [0.4, 0.5) is 0 Å². The molecule has 2 N–H and O–H groups in total. The van der Waals surface area contributed by atoms with Crippen molar-refractivity contribution in [3.05, 3.63) is 0 Å². The van der Waals surface area contributed by atoms with Crippen molar-refractivity contribution in [2.24, 2.45) is 0 Å². The molecule has 72 valence electrons. The fourth-order valence-electron chi connectivity index (χ4n) is 1.55. The Morgan fingerprint density at radius 2 is 2.25 bits per heavy atom. The summed E-state index contributed by atoms with van der Waals surface area (Å²) in [5, 5.41) is 13.3. The summed E-state index contributed by atoms with van der Waals surface area (Å²) in [5.74, 6) is 0. The highest BCUT2D eigenvalue weighted by Gasteiger charge is 2.27. The molecular formula is C9H19NO2. The lowest BCUT2D eigenvalue weighted by Crippen LogP contribution is -2.35. The van der Waals surface area contributed by atoms with E-state index in [1.165, 1.54) is 0 Å². The van der Waals surface area contributed by atoms with Crippen molar-refractivity contribution in [1.82, 2.24) is 5.32 Å². The normalized spacial score (nSPS) is 31.5. The van der Waals surface area contributed by atoms with Gasteiger partial charge in [-0.2, -0.15) is 0 Å². The van der Waals surface area contributed by atoms with E-state index in [4.69, 9.17) is 4.74 Å². The molecule has 0 bridgehead atoms. The Labute approximate surface area is 74.1 Å². The molecule has 0 aromatic carbocycles. The largest absolute Gasteiger partial charge is 0.387 e. The molecule has 12 heavy (non-hydrogen) atoms. The minimum atomic E-state index is -0.570. The Balaban J connectivity index is 2.32. The lowest BCUT2D eigenvalue weighted by atomic mass is 9.96. The van der Waals surface area contributed by atoms with Crippen LogP contribution in [0.1, 0.15) is 26.2 Å². The lowest BCUT2D eigenvalue weighted by molar-refractivity contribution is -0.0507. The zero-order valence-corrected chi connectivity index (χ0v) is 7.81. The molecule has 1 heterocycles. The van der Waals surface area contributed by atoms with E-state index in [-0.39, 0.29) is 0 Å². The second-order valence-electron chi connectivity index (χ2n) is 3.47. The molecule has 0 aromatic rings. The Bertz CT molecular complexity index is 120. The molecule has 1 atom stereocenters. The molecule has 0 saturated carbocycles. The summed E-state index contributed by atoms with van der Waals surface area (Å²) in [6, 6.07) is 0. The predicted molar refractivity (Wildman–Crippen MR) is 48.2 cm³/mol. The molecule has 1 rings (SSSR count). The fourth-order valence-corrected chi connectivity index (χ4v) is 1.55. The third-order valence-electron chi connectivity index (χ3n) is 2.34. The summed E-state index contributed by atoms with van der Waals surface area (Å²) in [6.07, 6.45) is 2.72. The zero-order valence-electron chi connectivity index (χ0n) is 7.81. The maximum absolute atomic E-state index is 10.0. The SMILES string of the molecule is CCOCC1(O)CCCNCC1. The van der Waals surface area contributed by atoms with Crippen molar-refractivity contribution in [3.8, 4) is 0 Å². The second-order valence-corrected chi connectivity index (χ2v) is 3.47. The van der Waals surface area contributed by atoms with Crippen LogP contribution in [0.5, 0.6) is 0 Å². The molecule has 3 heteroatoms. The lowest BCUT2D eigenvalue weighted by Gasteiger charge is -2.25. The highest BCUT2D eigenvalue weighted by Crippen LogP contribution is 2.19. The molecule has 0 spiro atoms. The van der Waals surface area contributed by atoms with Crippen LogP contribution < -0.4 is 5.32 Å². The molecule has 1 aliphatic heterocycles. The van der Waals surface area contributed by atoms with Crippen LogP contribution in [0.3, 0.4) is 0 Å². The van der Waals surface area contributed by atoms with E-state index in [0.29, 0.717) is 13.2 Å². The maximum atomic E-state index is 10.0. The Morgan fingerprint density at radius 3 is 3.00 bits per heavy atom. The van der Waals surface area contributed by atoms with Gasteiger partial charge in [-0.3, -0.25) is 0 Å². The minimum Gasteiger partial charge on any atom is -0.387 e. The van der Waals surface area contributed by atoms with E-state index >= 15 is 0 Å². The molecular weight excluding hydrogens is 154 g/mol. The predicted octanol–water partition coefficient (Wildman–Crippen LogP) is 0.527. The van der Waals surface area contributed by atoms with Crippen LogP contribution in [0.2, 0.25) is 0 Å². The van der Waals surface area contributed by atoms with Gasteiger partial charge in [-0.1, -0.05) is 0 Å². The van der Waals surface area contributed by atoms with Gasteiger partial charge >= 0.3 is 0 Å². The number of hydrogen-bond acceptors (Lipinski definition) is 3. The minimum absolute atomic E-state index is 0.491. The van der Waals surface area contributed by atoms with Crippen molar-refractivity contribution < 1.29 is 9.84 Å². The molecule has 1 unspecified atom stereocenters. The number of ether oxygens (including phenoxy) is 1. The van der Waals surface area contributed by atoms with Crippen molar-refractivity contribution in [2.75, 3.05) is 26.3 Å². The summed E-state index contributed by atoms with van der Waals surface area (Å²) >= 11 is 0. The average Bonchev–Trinajstić information content (AvgIpc) is 2.27. The van der Waals surface area contributed by atoms with Gasteiger partial charge in [0.1, 0.15) is 0 Å². The molecule has 0 radical (unpaired) electrons. The number of nitrogens with one attached hydrogen (secondary N) is 1. The highest BCUT2D eigenvalue weighted by molar-refractivity contribution is 4.81. The maximum Gasteiger partial charge on any atom is 0.0892 e. The molecule has 1 saturated heterocycles. The monoisotopic (exact) mass is 173 g/mol. The molecule has 1 fully saturated rings. The second kappa shape index (κ2) is 4.80. The quantitative estimate of drug-likeness (QED) is 0.654. The molecule has 1 aliphatic rings. The third kappa shape index (κ3) is 3.09. The van der Waals surface area contributed by atoms with Gasteiger partial charge in [0.05, 0.1) is 12.2 Å². The first kappa shape index (κ1) is 9.96. The smallest absolute Gasteiger partial charge is 0.0892 e. The van der Waals surface area contributed by atoms with Crippen LogP contribution >= 0.6 is 0 Å². The Morgan fingerprint density at radius 1 is 1.42 bits per heavy atom. The van der Waals surface area contributed by atoms with Crippen LogP contribution in [-0.4, -0.2) is 37.0 Å². The third-order valence-corrected chi connectivity index (χ3v) is 2.34. The van der Waals surface area contributed by atoms with Crippen molar-refractivity contribution >= 4 is 0 Å². The van der Waals surface area contributed by atoms with Gasteiger partial charge in [-0.15, -0.1) is 0 Å². The molecule has 0 amide bonds. The van der Waals surface area contributed by atoms with E-state index in [2.05, 4.69) is 5.32 Å². The summed E-state index contributed by atoms with van der Waals surface area (Å²) in [7, 11) is 0. The van der Waals surface area contributed by atoms with Crippen LogP contribution in [0, 0.1) is 0 Å². The Hall–Kier alpha value is -0.120. The number of hydrogen-bond donors (Lipinski definition) is 2. The van der Waals surface area contributed by atoms with Crippen LogP contribution in [-0.2, 0) is 4.74 Å². The summed E-state index contributed by atoms with van der Waals surface area (Å²) in [4.78, 5) is 0. The van der Waals surface area contributed by atoms with E-state index in [1.54, 1.807) is 0 Å². The van der Waals surface area contributed by atoms with Gasteiger partial charge in [0, 0.05) is 6.61 Å². The van der Waals surface area contributed by atoms with E-state index in [1.807, 2.05) is 6.92 Å². The van der Waals surface area contributed by atoms with E-state index < -0.39 is 5.60 Å². The average molecular weight is 173 g/mol. The first-order chi connectivity index (χ1) is 5.77. The van der Waals surface area contributed by atoms with Crippen molar-refractivity contribution in [3.63, 3.8) is 0 Å². The fraction of sp³-hybridized carbons (Fsp3) is 1.00. The van der Waals surface area contributed by atoms with Crippen LogP contribution in [0.25, 0.3) is 0 Å². The van der Waals surface area contributed by atoms with Crippen molar-refractivity contribution in [2.45, 2.75) is 31.8 Å². The Kier molecular flexibility index (Phi) is 3.98. The van der Waals surface area contributed by atoms with Gasteiger partial charge in [0.15, 0.2) is 0 Å². The van der Waals surface area contributed by atoms with Gasteiger partial charge in [0.25, 0.3) is 0 Å². The van der Waals surface area contributed by atoms with Gasteiger partial charge in [-0.05, 0) is 39.3 Å². The standard InChI is InChI=1S/C9H19NO2/c1-2-12-8-9(11)4-3-6-10-7-5-9/h10-11H,2-8H2,1H3. The molecule has 0 aromatic heterocycles. The summed E-state index contributed by atoms with van der Waals surface area (Å²) in [5.41, 5.74) is -0.570. The summed E-state index contributed by atoms with van der Waals surface area (Å²) < 4.78 is 5.25. The highest BCUT2D eigenvalue weighted by atomic mass is 16.5. The van der Waals surface area contributed by atoms with Gasteiger partial charge in [-0.25, -0.2) is 0 Å². The first-order valence-electron chi connectivity index (χ1n) is 4.78.